The number of nitriles is 1. The zero-order valence-electron chi connectivity index (χ0n) is 49.2. The molecule has 2 fully saturated rings. The van der Waals surface area contributed by atoms with Gasteiger partial charge in [0.2, 0.25) is 10.0 Å². The van der Waals surface area contributed by atoms with E-state index in [2.05, 4.69) is 50.5 Å². The van der Waals surface area contributed by atoms with E-state index in [1.807, 2.05) is 20.8 Å². The van der Waals surface area contributed by atoms with Crippen LogP contribution in [0.2, 0.25) is 0 Å². The third-order valence-corrected chi connectivity index (χ3v) is 14.8. The minimum Gasteiger partial charge on any atom is -1.00 e. The number of hydrogen-bond donors (Lipinski definition) is 6. The number of carbonyl (C=O) groups is 2. The topological polar surface area (TPSA) is 383 Å². The van der Waals surface area contributed by atoms with Gasteiger partial charge in [-0.1, -0.05) is 13.8 Å². The Morgan fingerprint density at radius 3 is 1.58 bits per heavy atom. The summed E-state index contributed by atoms with van der Waals surface area (Å²) in [7, 11) is -2.24. The van der Waals surface area contributed by atoms with E-state index in [4.69, 9.17) is 45.7 Å². The molecule has 85 heavy (non-hydrogen) atoms. The van der Waals surface area contributed by atoms with E-state index >= 15 is 0 Å². The SMILES string of the molecule is CC#N.CCCc1nc(C)c2c(=O)[nH]c(-c3cc(S(=O)(=O)Cl)ccc3OCC)nn12.CCCc1nc(C)c2c(=O)[nH]c(-c3cc(S(=O)(=O)N4CC(NCCO)C4)ccc3OCC)nn12.O=C(ON1CC(NCCO)C1)C(F)(F)F.O=CO[O-].[H-].[K+].[K+]. The average molecular weight is 1310 g/mol. The van der Waals surface area contributed by atoms with Crippen molar-refractivity contribution in [3.8, 4) is 40.3 Å². The molecular weight excluding hydrogens is 1250 g/mol. The van der Waals surface area contributed by atoms with Crippen LogP contribution in [0.5, 0.6) is 11.5 Å². The number of sulfonamides is 1. The number of carbonyl (C=O) groups excluding carboxylic acids is 2. The number of nitrogens with zero attached hydrogens (tertiary/aromatic N) is 9. The normalized spacial score (nSPS) is 13.4. The molecule has 6 N–H and O–H groups in total. The maximum absolute atomic E-state index is 13.2. The fourth-order valence-corrected chi connectivity index (χ4v) is 10.3. The third kappa shape index (κ3) is 21.4. The van der Waals surface area contributed by atoms with Crippen molar-refractivity contribution < 1.29 is 178 Å². The number of aryl methyl sites for hydroxylation is 4. The second-order valence-corrected chi connectivity index (χ2v) is 22.2. The first-order chi connectivity index (χ1) is 39.3. The molecular formula is C49H65ClF3K2N13O15S2. The summed E-state index contributed by atoms with van der Waals surface area (Å²) in [6, 6.07) is 10.5. The number of H-pyrrole nitrogens is 2. The number of hydroxylamine groups is 2. The van der Waals surface area contributed by atoms with Crippen LogP contribution in [0.3, 0.4) is 0 Å². The number of aromatic amines is 2. The van der Waals surface area contributed by atoms with Crippen molar-refractivity contribution in [2.75, 3.05) is 65.7 Å². The molecule has 458 valence electrons. The first-order valence-corrected chi connectivity index (χ1v) is 29.3. The fraction of sp³-hybridized carbons (Fsp3) is 0.490. The molecule has 36 heteroatoms. The van der Waals surface area contributed by atoms with Gasteiger partial charge in [-0.3, -0.25) is 14.4 Å². The van der Waals surface area contributed by atoms with E-state index in [0.29, 0.717) is 109 Å². The maximum Gasteiger partial charge on any atom is 1.00 e. The van der Waals surface area contributed by atoms with Gasteiger partial charge in [-0.05, 0) is 76.9 Å². The largest absolute Gasteiger partial charge is 1.00 e. The minimum absolute atomic E-state index is 0. The maximum atomic E-state index is 13.2. The Morgan fingerprint density at radius 1 is 0.812 bits per heavy atom. The summed E-state index contributed by atoms with van der Waals surface area (Å²) in [4.78, 5) is 65.5. The molecule has 0 spiro atoms. The van der Waals surface area contributed by atoms with Gasteiger partial charge in [-0.25, -0.2) is 40.6 Å². The van der Waals surface area contributed by atoms with Crippen molar-refractivity contribution in [2.45, 2.75) is 102 Å². The molecule has 2 saturated heterocycles. The molecule has 0 bridgehead atoms. The summed E-state index contributed by atoms with van der Waals surface area (Å²) < 4.78 is 101. The minimum atomic E-state index is -4.95. The van der Waals surface area contributed by atoms with Crippen LogP contribution in [0.1, 0.15) is 71.9 Å². The monoisotopic (exact) mass is 1310 g/mol. The summed E-state index contributed by atoms with van der Waals surface area (Å²) in [5, 5.41) is 49.1. The van der Waals surface area contributed by atoms with E-state index in [1.165, 1.54) is 50.6 Å². The Kier molecular flexibility index (Phi) is 33.2. The molecule has 0 aliphatic carbocycles. The predicted octanol–water partition coefficient (Wildman–Crippen LogP) is -4.27. The number of nitrogens with one attached hydrogen (secondary N) is 4. The molecule has 0 radical (unpaired) electrons. The molecule has 28 nitrogen and oxygen atoms in total. The number of rotatable bonds is 21. The Hall–Kier alpha value is -3.86. The molecule has 0 amide bonds. The van der Waals surface area contributed by atoms with Crippen LogP contribution in [-0.2, 0) is 51.2 Å². The number of aliphatic hydroxyl groups is 2. The van der Waals surface area contributed by atoms with Crippen molar-refractivity contribution >= 4 is 53.2 Å². The molecule has 0 unspecified atom stereocenters. The van der Waals surface area contributed by atoms with E-state index in [-0.39, 0.29) is 182 Å². The molecule has 0 saturated carbocycles. The summed E-state index contributed by atoms with van der Waals surface area (Å²) in [6.07, 6.45) is -1.97. The van der Waals surface area contributed by atoms with E-state index in [0.717, 1.165) is 17.9 Å². The van der Waals surface area contributed by atoms with Gasteiger partial charge in [0.05, 0.1) is 77.9 Å². The van der Waals surface area contributed by atoms with Crippen LogP contribution in [0.15, 0.2) is 55.8 Å². The molecule has 2 aliphatic rings. The number of halogens is 4. The van der Waals surface area contributed by atoms with Gasteiger partial charge < -0.3 is 56.7 Å². The summed E-state index contributed by atoms with van der Waals surface area (Å²) >= 11 is 0. The van der Waals surface area contributed by atoms with Crippen LogP contribution in [0, 0.1) is 25.2 Å². The number of alkyl halides is 3. The van der Waals surface area contributed by atoms with Gasteiger partial charge in [0.25, 0.3) is 26.6 Å². The third-order valence-electron chi connectivity index (χ3n) is 11.6. The van der Waals surface area contributed by atoms with Gasteiger partial charge in [0.15, 0.2) is 22.7 Å². The first kappa shape index (κ1) is 77.2. The molecule has 6 heterocycles. The second kappa shape index (κ2) is 36.6. The van der Waals surface area contributed by atoms with Gasteiger partial charge >= 0.3 is 115 Å². The number of imidazole rings is 2. The van der Waals surface area contributed by atoms with Crippen LogP contribution in [-0.4, -0.2) is 172 Å². The molecule has 8 rings (SSSR count). The van der Waals surface area contributed by atoms with Gasteiger partial charge in [-0.2, -0.15) is 22.7 Å². The van der Waals surface area contributed by atoms with Crippen molar-refractivity contribution in [3.05, 3.63) is 80.1 Å². The molecule has 4 aromatic heterocycles. The van der Waals surface area contributed by atoms with Gasteiger partial charge in [-0.15, -0.1) is 15.3 Å². The smallest absolute Gasteiger partial charge is 1.00 e. The predicted molar refractivity (Wildman–Crippen MR) is 291 cm³/mol. The summed E-state index contributed by atoms with van der Waals surface area (Å²) in [5.41, 5.74) is 1.89. The molecule has 6 aromatic rings. The van der Waals surface area contributed by atoms with E-state index < -0.39 is 31.2 Å². The van der Waals surface area contributed by atoms with E-state index in [1.54, 1.807) is 32.9 Å². The van der Waals surface area contributed by atoms with Crippen molar-refractivity contribution in [3.63, 3.8) is 0 Å². The Morgan fingerprint density at radius 2 is 1.21 bits per heavy atom. The van der Waals surface area contributed by atoms with Crippen LogP contribution < -0.4 is 139 Å². The number of ether oxygens (including phenoxy) is 2. The van der Waals surface area contributed by atoms with Crippen molar-refractivity contribution in [1.29, 1.82) is 5.26 Å². The first-order valence-electron chi connectivity index (χ1n) is 25.5. The van der Waals surface area contributed by atoms with Crippen LogP contribution >= 0.6 is 10.7 Å². The Balaban J connectivity index is 0.000000634. The number of fused-ring (bicyclic) bond motifs is 2. The molecule has 2 aliphatic heterocycles. The van der Waals surface area contributed by atoms with E-state index in [9.17, 15) is 44.4 Å². The number of aliphatic hydroxyl groups excluding tert-OH is 2. The standard InChI is InChI=1S/C22H30N6O5S.C17H19ClN4O4S.C7H11F3N2O3.C2H3N.CH2O3.2K.H/c1-4-6-19-24-14(3)20-22(30)25-21(26-28(19)20)17-11-16(7-8-18(17)33-5-2)34(31,32)27-12-15(13-27)23-9-10-29;1-4-6-14-19-10(3)15-17(23)20-16(21-22(14)15)12-9-11(27(18,24)25)7-8-13(12)26-5-2;8-7(9,10)6(14)15-12-3-5(4-12)11-1-2-13;1-2-3;2-1-4-3;;;/h7-8,11,15,23,29H,4-6,9-10,12-13H2,1-3H3,(H,25,26,30);7-9H,4-6H2,1-3H3,(H,20,21,23);5,11,13H,1-4H2;1H3;1,3H;;;/q;;;;;2*+1;-1/p-1. The summed E-state index contributed by atoms with van der Waals surface area (Å²) in [5.74, 6) is 0.319. The zero-order chi connectivity index (χ0) is 61.8. The fourth-order valence-electron chi connectivity index (χ4n) is 8.01. The quantitative estimate of drug-likeness (QED) is 0.0131. The Bertz CT molecular complexity index is 3570. The number of aromatic nitrogens is 8. The van der Waals surface area contributed by atoms with Gasteiger partial charge in [0.1, 0.15) is 23.1 Å². The average Bonchev–Trinajstić information content (AvgIpc) is 2.08. The summed E-state index contributed by atoms with van der Waals surface area (Å²) in [6.45, 7) is 14.9. The number of benzene rings is 2. The second-order valence-electron chi connectivity index (χ2n) is 17.7. The number of hydrogen-bond acceptors (Lipinski definition) is 23. The molecule has 0 atom stereocenters. The van der Waals surface area contributed by atoms with Crippen molar-refractivity contribution in [2.24, 2.45) is 0 Å². The van der Waals surface area contributed by atoms with Crippen LogP contribution in [0.25, 0.3) is 33.8 Å². The van der Waals surface area contributed by atoms with Gasteiger partial charge in [0, 0.05) is 68.7 Å². The zero-order valence-corrected chi connectivity index (χ0v) is 56.8. The molecule has 2 aromatic carbocycles. The van der Waals surface area contributed by atoms with Crippen molar-refractivity contribution in [1.82, 2.24) is 59.2 Å². The van der Waals surface area contributed by atoms with Crippen LogP contribution in [0.4, 0.5) is 13.2 Å². The Labute approximate surface area is 577 Å².